The maximum Gasteiger partial charge on any atom is 0.343 e. The van der Waals surface area contributed by atoms with Gasteiger partial charge in [-0.3, -0.25) is 0 Å². The number of carbonyl (C=O) groups excluding carboxylic acids is 1. The summed E-state index contributed by atoms with van der Waals surface area (Å²) in [5, 5.41) is 0. The normalized spacial score (nSPS) is 14.4. The lowest BCUT2D eigenvalue weighted by Gasteiger charge is -2.06. The van der Waals surface area contributed by atoms with E-state index < -0.39 is 0 Å². The lowest BCUT2D eigenvalue weighted by Crippen LogP contribution is -1.97. The minimum atomic E-state index is -0.363. The molecule has 0 aliphatic carbocycles. The summed E-state index contributed by atoms with van der Waals surface area (Å²) in [4.78, 5) is 12.2. The standard InChI is InChI=1S/C25H20O4/c1-2-27-21-12-8-18(9-13-21)16-20-17-24(29-25(20)26)19-10-14-23(15-11-19)28-22-6-4-3-5-7-22/h3-17H,2H2,1H3/b20-16-. The second-order valence-corrected chi connectivity index (χ2v) is 6.44. The average Bonchev–Trinajstić information content (AvgIpc) is 3.11. The molecule has 3 aromatic rings. The maximum absolute atomic E-state index is 12.2. The first-order valence-corrected chi connectivity index (χ1v) is 9.43. The number of hydrogen-bond acceptors (Lipinski definition) is 4. The lowest BCUT2D eigenvalue weighted by molar-refractivity contribution is -0.130. The Balaban J connectivity index is 1.49. The van der Waals surface area contributed by atoms with Crippen LogP contribution in [-0.2, 0) is 9.53 Å². The number of cyclic esters (lactones) is 1. The van der Waals surface area contributed by atoms with Crippen molar-refractivity contribution in [3.05, 3.63) is 102 Å². The molecule has 0 saturated carbocycles. The Kier molecular flexibility index (Phi) is 5.43. The molecular weight excluding hydrogens is 364 g/mol. The smallest absolute Gasteiger partial charge is 0.343 e. The third-order valence-corrected chi connectivity index (χ3v) is 4.36. The van der Waals surface area contributed by atoms with E-state index in [1.54, 1.807) is 12.2 Å². The fourth-order valence-electron chi connectivity index (χ4n) is 2.95. The molecule has 0 N–H and O–H groups in total. The van der Waals surface area contributed by atoms with Gasteiger partial charge in [0.15, 0.2) is 0 Å². The monoisotopic (exact) mass is 384 g/mol. The zero-order valence-corrected chi connectivity index (χ0v) is 16.0. The number of para-hydroxylation sites is 1. The van der Waals surface area contributed by atoms with Crippen molar-refractivity contribution in [1.82, 2.24) is 0 Å². The number of hydrogen-bond donors (Lipinski definition) is 0. The Bertz CT molecular complexity index is 1050. The zero-order chi connectivity index (χ0) is 20.1. The predicted octanol–water partition coefficient (Wildman–Crippen LogP) is 5.86. The summed E-state index contributed by atoms with van der Waals surface area (Å²) in [6, 6.07) is 24.6. The van der Waals surface area contributed by atoms with Crippen LogP contribution >= 0.6 is 0 Å². The summed E-state index contributed by atoms with van der Waals surface area (Å²) >= 11 is 0. The minimum Gasteiger partial charge on any atom is -0.494 e. The minimum absolute atomic E-state index is 0.363. The van der Waals surface area contributed by atoms with Gasteiger partial charge in [0.1, 0.15) is 23.0 Å². The molecule has 1 aliphatic rings. The maximum atomic E-state index is 12.2. The third-order valence-electron chi connectivity index (χ3n) is 4.36. The molecule has 0 unspecified atom stereocenters. The summed E-state index contributed by atoms with van der Waals surface area (Å²) < 4.78 is 16.7. The largest absolute Gasteiger partial charge is 0.494 e. The van der Waals surface area contributed by atoms with Gasteiger partial charge in [-0.05, 0) is 73.2 Å². The number of benzene rings is 3. The van der Waals surface area contributed by atoms with Gasteiger partial charge in [0.05, 0.1) is 12.2 Å². The van der Waals surface area contributed by atoms with Gasteiger partial charge in [-0.2, -0.15) is 0 Å². The Hall–Kier alpha value is -3.79. The van der Waals surface area contributed by atoms with Crippen LogP contribution in [0.4, 0.5) is 0 Å². The molecule has 1 heterocycles. The molecule has 0 amide bonds. The van der Waals surface area contributed by atoms with Crippen LogP contribution in [0.5, 0.6) is 17.2 Å². The summed E-state index contributed by atoms with van der Waals surface area (Å²) in [6.45, 7) is 2.56. The van der Waals surface area contributed by atoms with Gasteiger partial charge in [-0.15, -0.1) is 0 Å². The fourth-order valence-corrected chi connectivity index (χ4v) is 2.95. The molecule has 0 spiro atoms. The quantitative estimate of drug-likeness (QED) is 0.394. The molecule has 0 aromatic heterocycles. The highest BCUT2D eigenvalue weighted by atomic mass is 16.5. The van der Waals surface area contributed by atoms with Crippen molar-refractivity contribution >= 4 is 17.8 Å². The van der Waals surface area contributed by atoms with Crippen molar-refractivity contribution in [2.75, 3.05) is 6.61 Å². The molecule has 29 heavy (non-hydrogen) atoms. The molecule has 0 bridgehead atoms. The van der Waals surface area contributed by atoms with Gasteiger partial charge in [-0.25, -0.2) is 4.79 Å². The molecule has 144 valence electrons. The summed E-state index contributed by atoms with van der Waals surface area (Å²) in [5.41, 5.74) is 2.23. The van der Waals surface area contributed by atoms with E-state index in [4.69, 9.17) is 14.2 Å². The SMILES string of the molecule is CCOc1ccc(/C=C2/C=C(c3ccc(Oc4ccccc4)cc3)OC2=O)cc1. The van der Waals surface area contributed by atoms with Gasteiger partial charge in [-0.1, -0.05) is 30.3 Å². The van der Waals surface area contributed by atoms with Gasteiger partial charge in [0.25, 0.3) is 0 Å². The highest BCUT2D eigenvalue weighted by molar-refractivity contribution is 6.05. The van der Waals surface area contributed by atoms with E-state index in [0.717, 1.165) is 28.4 Å². The van der Waals surface area contributed by atoms with E-state index in [0.29, 0.717) is 17.9 Å². The second-order valence-electron chi connectivity index (χ2n) is 6.44. The lowest BCUT2D eigenvalue weighted by atomic mass is 10.1. The van der Waals surface area contributed by atoms with Gasteiger partial charge >= 0.3 is 5.97 Å². The van der Waals surface area contributed by atoms with Crippen molar-refractivity contribution in [2.45, 2.75) is 6.92 Å². The number of ether oxygens (including phenoxy) is 3. The summed E-state index contributed by atoms with van der Waals surface area (Å²) in [7, 11) is 0. The van der Waals surface area contributed by atoms with Crippen LogP contribution in [0.1, 0.15) is 18.1 Å². The van der Waals surface area contributed by atoms with Crippen molar-refractivity contribution in [3.8, 4) is 17.2 Å². The van der Waals surface area contributed by atoms with Crippen LogP contribution in [0.15, 0.2) is 90.5 Å². The summed E-state index contributed by atoms with van der Waals surface area (Å²) in [6.07, 6.45) is 3.56. The van der Waals surface area contributed by atoms with E-state index in [9.17, 15) is 4.79 Å². The predicted molar refractivity (Wildman–Crippen MR) is 113 cm³/mol. The topological polar surface area (TPSA) is 44.8 Å². The first-order chi connectivity index (χ1) is 14.2. The molecule has 0 radical (unpaired) electrons. The molecule has 4 rings (SSSR count). The molecule has 0 atom stereocenters. The Morgan fingerprint density at radius 2 is 1.48 bits per heavy atom. The highest BCUT2D eigenvalue weighted by Gasteiger charge is 2.22. The number of rotatable bonds is 6. The van der Waals surface area contributed by atoms with E-state index in [2.05, 4.69) is 0 Å². The molecular formula is C25H20O4. The van der Waals surface area contributed by atoms with Gasteiger partial charge in [0, 0.05) is 5.56 Å². The molecule has 0 saturated heterocycles. The third kappa shape index (κ3) is 4.55. The van der Waals surface area contributed by atoms with Crippen LogP contribution in [0.2, 0.25) is 0 Å². The fraction of sp³-hybridized carbons (Fsp3) is 0.0800. The molecule has 1 aliphatic heterocycles. The second kappa shape index (κ2) is 8.48. The van der Waals surface area contributed by atoms with E-state index in [-0.39, 0.29) is 5.97 Å². The summed E-state index contributed by atoms with van der Waals surface area (Å²) in [5.74, 6) is 2.46. The van der Waals surface area contributed by atoms with Crippen molar-refractivity contribution in [1.29, 1.82) is 0 Å². The van der Waals surface area contributed by atoms with Crippen molar-refractivity contribution < 1.29 is 19.0 Å². The molecule has 4 heteroatoms. The number of carbonyl (C=O) groups is 1. The van der Waals surface area contributed by atoms with Crippen LogP contribution in [-0.4, -0.2) is 12.6 Å². The number of esters is 1. The molecule has 4 nitrogen and oxygen atoms in total. The van der Waals surface area contributed by atoms with Crippen molar-refractivity contribution in [3.63, 3.8) is 0 Å². The Morgan fingerprint density at radius 3 is 2.17 bits per heavy atom. The average molecular weight is 384 g/mol. The Morgan fingerprint density at radius 1 is 0.828 bits per heavy atom. The van der Waals surface area contributed by atoms with E-state index in [1.807, 2.05) is 85.8 Å². The Labute approximate surface area is 169 Å². The molecule has 0 fully saturated rings. The van der Waals surface area contributed by atoms with Crippen molar-refractivity contribution in [2.24, 2.45) is 0 Å². The van der Waals surface area contributed by atoms with Crippen LogP contribution in [0, 0.1) is 0 Å². The first kappa shape index (κ1) is 18.6. The van der Waals surface area contributed by atoms with Crippen LogP contribution < -0.4 is 9.47 Å². The zero-order valence-electron chi connectivity index (χ0n) is 16.0. The van der Waals surface area contributed by atoms with Gasteiger partial charge in [0.2, 0.25) is 0 Å². The van der Waals surface area contributed by atoms with Crippen LogP contribution in [0.3, 0.4) is 0 Å². The van der Waals surface area contributed by atoms with Gasteiger partial charge < -0.3 is 14.2 Å². The van der Waals surface area contributed by atoms with Crippen LogP contribution in [0.25, 0.3) is 11.8 Å². The van der Waals surface area contributed by atoms with E-state index >= 15 is 0 Å². The highest BCUT2D eigenvalue weighted by Crippen LogP contribution is 2.30. The molecule has 3 aromatic carbocycles. The van der Waals surface area contributed by atoms with E-state index in [1.165, 1.54) is 0 Å². The first-order valence-electron chi connectivity index (χ1n) is 9.43.